The van der Waals surface area contributed by atoms with Gasteiger partial charge in [0, 0.05) is 11.8 Å². The van der Waals surface area contributed by atoms with E-state index in [1.807, 2.05) is 33.9 Å². The van der Waals surface area contributed by atoms with Gasteiger partial charge < -0.3 is 18.1 Å². The molecule has 1 aliphatic heterocycles. The van der Waals surface area contributed by atoms with Crippen LogP contribution in [0.15, 0.2) is 11.8 Å². The number of hydrogen-bond acceptors (Lipinski definition) is 8. The maximum atomic E-state index is 13.5. The predicted molar refractivity (Wildman–Crippen MR) is 125 cm³/mol. The molecule has 0 aromatic carbocycles. The number of ether oxygens (including phenoxy) is 2. The summed E-state index contributed by atoms with van der Waals surface area (Å²) in [4.78, 5) is 26.1. The van der Waals surface area contributed by atoms with Crippen LogP contribution < -0.4 is 0 Å². The second-order valence-corrected chi connectivity index (χ2v) is 18.4. The lowest BCUT2D eigenvalue weighted by molar-refractivity contribution is -0.188. The minimum Gasteiger partial charge on any atom is -0.452 e. The highest BCUT2D eigenvalue weighted by atomic mass is 32.2. The molecule has 1 saturated heterocycles. The first-order valence-electron chi connectivity index (χ1n) is 11.8. The Balaban J connectivity index is 1.95. The first-order chi connectivity index (χ1) is 16.0. The first-order valence-corrected chi connectivity index (χ1v) is 16.2. The van der Waals surface area contributed by atoms with Crippen LogP contribution in [0.5, 0.6) is 0 Å². The molecule has 0 spiro atoms. The lowest BCUT2D eigenvalue weighted by Gasteiger charge is -2.42. The number of carbonyl (C=O) groups excluding carboxylic acids is 2. The van der Waals surface area contributed by atoms with E-state index in [0.717, 1.165) is 6.08 Å². The van der Waals surface area contributed by atoms with Crippen LogP contribution in [-0.4, -0.2) is 52.0 Å². The Morgan fingerprint density at radius 3 is 2.17 bits per heavy atom. The van der Waals surface area contributed by atoms with Gasteiger partial charge in [-0.25, -0.2) is 4.79 Å². The van der Waals surface area contributed by atoms with Crippen molar-refractivity contribution in [2.75, 3.05) is 0 Å². The Hall–Kier alpha value is -1.60. The molecule has 0 N–H and O–H groups in total. The van der Waals surface area contributed by atoms with Crippen molar-refractivity contribution in [3.05, 3.63) is 11.8 Å². The van der Waals surface area contributed by atoms with Gasteiger partial charge >= 0.3 is 27.6 Å². The third-order valence-electron chi connectivity index (χ3n) is 8.80. The van der Waals surface area contributed by atoms with Crippen molar-refractivity contribution < 1.29 is 49.3 Å². The molecule has 0 aromatic heterocycles. The van der Waals surface area contributed by atoms with Gasteiger partial charge in [0.2, 0.25) is 5.60 Å². The van der Waals surface area contributed by atoms with Crippen LogP contribution in [0.4, 0.5) is 13.2 Å². The van der Waals surface area contributed by atoms with Crippen molar-refractivity contribution in [1.29, 1.82) is 0 Å². The molecule has 0 unspecified atom stereocenters. The van der Waals surface area contributed by atoms with Crippen molar-refractivity contribution >= 4 is 30.4 Å². The topological polar surface area (TPSA) is 105 Å². The average Bonchev–Trinajstić information content (AvgIpc) is 2.98. The van der Waals surface area contributed by atoms with Gasteiger partial charge in [0.15, 0.2) is 8.32 Å². The standard InChI is InChI=1S/C23H35F3O8SSi/c1-19(2,3)36(7,8)34-15-10-9-14(33-35(29,30)23(24,25)26)13-16(15)31-18(28)22-12-11-21(6,17(27)32-22)20(22,4)5/h13,15-16H,9-12H2,1-8H3/t15-,16-,21-,22+/m0/s1. The Morgan fingerprint density at radius 1 is 1.14 bits per heavy atom. The van der Waals surface area contributed by atoms with Gasteiger partial charge in [-0.05, 0) is 50.4 Å². The van der Waals surface area contributed by atoms with Crippen LogP contribution in [-0.2, 0) is 37.8 Å². The van der Waals surface area contributed by atoms with Crippen molar-refractivity contribution in [2.24, 2.45) is 10.8 Å². The summed E-state index contributed by atoms with van der Waals surface area (Å²) in [7, 11) is -8.33. The molecule has 36 heavy (non-hydrogen) atoms. The fraction of sp³-hybridized carbons (Fsp3) is 0.826. The molecule has 2 aliphatic carbocycles. The number of carbonyl (C=O) groups is 2. The summed E-state index contributed by atoms with van der Waals surface area (Å²) in [5.74, 6) is -1.84. The molecule has 3 aliphatic rings. The highest BCUT2D eigenvalue weighted by Crippen LogP contribution is 2.66. The van der Waals surface area contributed by atoms with E-state index in [1.165, 1.54) is 0 Å². The van der Waals surface area contributed by atoms with Crippen molar-refractivity contribution in [2.45, 2.75) is 109 Å². The molecule has 0 radical (unpaired) electrons. The Labute approximate surface area is 211 Å². The van der Waals surface area contributed by atoms with Crippen molar-refractivity contribution in [3.8, 4) is 0 Å². The number of hydrogen-bond donors (Lipinski definition) is 0. The number of alkyl halides is 3. The van der Waals surface area contributed by atoms with Gasteiger partial charge in [-0.1, -0.05) is 34.6 Å². The fourth-order valence-electron chi connectivity index (χ4n) is 4.79. The summed E-state index contributed by atoms with van der Waals surface area (Å²) in [5, 5.41) is -0.226. The zero-order valence-electron chi connectivity index (χ0n) is 21.9. The Morgan fingerprint density at radius 2 is 1.72 bits per heavy atom. The van der Waals surface area contributed by atoms with Gasteiger partial charge in [-0.3, -0.25) is 4.79 Å². The van der Waals surface area contributed by atoms with E-state index in [0.29, 0.717) is 6.42 Å². The molecular weight excluding hydrogens is 521 g/mol. The molecular formula is C23H35F3O8SSi. The van der Waals surface area contributed by atoms with Crippen LogP contribution >= 0.6 is 0 Å². The van der Waals surface area contributed by atoms with Crippen LogP contribution in [0.1, 0.15) is 67.2 Å². The van der Waals surface area contributed by atoms with Crippen LogP contribution in [0.3, 0.4) is 0 Å². The number of allylic oxidation sites excluding steroid dienone is 1. The van der Waals surface area contributed by atoms with E-state index in [2.05, 4.69) is 4.18 Å². The highest BCUT2D eigenvalue weighted by Gasteiger charge is 2.76. The number of esters is 2. The van der Waals surface area contributed by atoms with Gasteiger partial charge in [0.1, 0.15) is 11.9 Å². The van der Waals surface area contributed by atoms with Gasteiger partial charge in [-0.15, -0.1) is 0 Å². The Bertz CT molecular complexity index is 1080. The maximum absolute atomic E-state index is 13.5. The number of fused-ring (bicyclic) bond motifs is 2. The zero-order valence-corrected chi connectivity index (χ0v) is 23.7. The minimum atomic E-state index is -5.90. The Kier molecular flexibility index (Phi) is 6.80. The second kappa shape index (κ2) is 8.45. The SMILES string of the molecule is CC1(C)[C@@]2(C)CC[C@]1(C(=O)O[C@H]1C=C(OS(=O)(=O)C(F)(F)F)CC[C@@H]1O[Si](C)(C)C(C)(C)C)OC2=O. The molecule has 4 atom stereocenters. The third-order valence-corrected chi connectivity index (χ3v) is 14.3. The second-order valence-electron chi connectivity index (χ2n) is 12.1. The molecule has 3 rings (SSSR count). The minimum absolute atomic E-state index is 0.0670. The van der Waals surface area contributed by atoms with Crippen molar-refractivity contribution in [1.82, 2.24) is 0 Å². The zero-order chi connectivity index (χ0) is 27.8. The largest absolute Gasteiger partial charge is 0.534 e. The lowest BCUT2D eigenvalue weighted by Crippen LogP contribution is -2.53. The number of halogens is 3. The molecule has 1 heterocycles. The quantitative estimate of drug-likeness (QED) is 0.196. The van der Waals surface area contributed by atoms with Crippen LogP contribution in [0.25, 0.3) is 0 Å². The van der Waals surface area contributed by atoms with Gasteiger partial charge in [0.25, 0.3) is 0 Å². The lowest BCUT2D eigenvalue weighted by atomic mass is 9.66. The van der Waals surface area contributed by atoms with Gasteiger partial charge in [0.05, 0.1) is 11.5 Å². The third kappa shape index (κ3) is 4.38. The first kappa shape index (κ1) is 29.0. The molecule has 8 nitrogen and oxygen atoms in total. The summed E-state index contributed by atoms with van der Waals surface area (Å²) >= 11 is 0. The summed E-state index contributed by atoms with van der Waals surface area (Å²) in [5.41, 5.74) is -8.96. The summed E-state index contributed by atoms with van der Waals surface area (Å²) in [6.07, 6.45) is -0.385. The summed E-state index contributed by atoms with van der Waals surface area (Å²) < 4.78 is 84.0. The summed E-state index contributed by atoms with van der Waals surface area (Å²) in [6.45, 7) is 15.2. The molecule has 1 saturated carbocycles. The molecule has 0 amide bonds. The smallest absolute Gasteiger partial charge is 0.452 e. The normalized spacial score (nSPS) is 32.6. The van der Waals surface area contributed by atoms with E-state index in [1.54, 1.807) is 20.8 Å². The summed E-state index contributed by atoms with van der Waals surface area (Å²) in [6, 6.07) is 0. The monoisotopic (exact) mass is 556 g/mol. The predicted octanol–water partition coefficient (Wildman–Crippen LogP) is 4.95. The van der Waals surface area contributed by atoms with Crippen LogP contribution in [0, 0.1) is 10.8 Å². The van der Waals surface area contributed by atoms with E-state index in [4.69, 9.17) is 13.9 Å². The fourth-order valence-corrected chi connectivity index (χ4v) is 6.67. The highest BCUT2D eigenvalue weighted by molar-refractivity contribution is 7.87. The molecule has 0 aromatic rings. The van der Waals surface area contributed by atoms with E-state index >= 15 is 0 Å². The molecule has 206 valence electrons. The van der Waals surface area contributed by atoms with E-state index in [-0.39, 0.29) is 24.3 Å². The average molecular weight is 557 g/mol. The van der Waals surface area contributed by atoms with Crippen molar-refractivity contribution in [3.63, 3.8) is 0 Å². The van der Waals surface area contributed by atoms with E-state index in [9.17, 15) is 31.2 Å². The molecule has 2 bridgehead atoms. The number of rotatable bonds is 6. The van der Waals surface area contributed by atoms with E-state index < -0.39 is 70.3 Å². The maximum Gasteiger partial charge on any atom is 0.534 e. The molecule has 2 fully saturated rings. The molecule has 13 heteroatoms. The van der Waals surface area contributed by atoms with Crippen LogP contribution in [0.2, 0.25) is 18.1 Å². The van der Waals surface area contributed by atoms with Gasteiger partial charge in [-0.2, -0.15) is 21.6 Å².